The number of anilines is 1. The number of hydrogen-bond donors (Lipinski definition) is 2. The summed E-state index contributed by atoms with van der Waals surface area (Å²) in [6.45, 7) is 2.87. The predicted octanol–water partition coefficient (Wildman–Crippen LogP) is 1.47. The van der Waals surface area contributed by atoms with Crippen LogP contribution in [0.3, 0.4) is 0 Å². The molecule has 1 fully saturated rings. The highest BCUT2D eigenvalue weighted by Crippen LogP contribution is 2.29. The van der Waals surface area contributed by atoms with Gasteiger partial charge in [0.25, 0.3) is 0 Å². The zero-order chi connectivity index (χ0) is 17.1. The molecular weight excluding hydrogens is 308 g/mol. The van der Waals surface area contributed by atoms with Crippen LogP contribution in [0.15, 0.2) is 40.9 Å². The number of rotatable bonds is 5. The maximum absolute atomic E-state index is 12.8. The molecule has 7 heteroatoms. The largest absolute Gasteiger partial charge is 0.369 e. The van der Waals surface area contributed by atoms with Gasteiger partial charge >= 0.3 is 0 Å². The molecule has 0 spiro atoms. The molecule has 1 aromatic carbocycles. The molecule has 2 aromatic rings. The Morgan fingerprint density at radius 3 is 2.71 bits per heavy atom. The first kappa shape index (κ1) is 16.2. The average molecular weight is 328 g/mol. The third-order valence-electron chi connectivity index (χ3n) is 4.23. The third kappa shape index (κ3) is 3.46. The predicted molar refractivity (Wildman–Crippen MR) is 87.9 cm³/mol. The summed E-state index contributed by atoms with van der Waals surface area (Å²) in [5.41, 5.74) is 6.27. The third-order valence-corrected chi connectivity index (χ3v) is 4.23. The molecule has 0 saturated carbocycles. The monoisotopic (exact) mass is 328 g/mol. The van der Waals surface area contributed by atoms with E-state index in [1.165, 1.54) is 0 Å². The summed E-state index contributed by atoms with van der Waals surface area (Å²) in [5.74, 6) is 0.246. The Morgan fingerprint density at radius 2 is 2.12 bits per heavy atom. The van der Waals surface area contributed by atoms with Gasteiger partial charge in [-0.3, -0.25) is 14.5 Å². The standard InChI is InChI=1S/C17H20N4O3/c1-11-9-14(20-24-11)19-17(23)15(12-5-3-2-4-6-12)21-8-7-13(10-21)16(18)22/h2-6,9,13,15H,7-8,10H2,1H3,(H2,18,22)(H,19,20,23)/t13-,15+/m1/s1. The Bertz CT molecular complexity index is 728. The number of hydrogen-bond acceptors (Lipinski definition) is 5. The van der Waals surface area contributed by atoms with E-state index < -0.39 is 6.04 Å². The number of nitrogens with zero attached hydrogens (tertiary/aromatic N) is 2. The summed E-state index contributed by atoms with van der Waals surface area (Å²) in [7, 11) is 0. The number of nitrogens with two attached hydrogens (primary N) is 1. The fraction of sp³-hybridized carbons (Fsp3) is 0.353. The summed E-state index contributed by atoms with van der Waals surface area (Å²) < 4.78 is 4.99. The number of aromatic nitrogens is 1. The van der Waals surface area contributed by atoms with Crippen molar-refractivity contribution in [2.45, 2.75) is 19.4 Å². The van der Waals surface area contributed by atoms with Gasteiger partial charge < -0.3 is 15.6 Å². The van der Waals surface area contributed by atoms with Crippen LogP contribution in [0.4, 0.5) is 5.82 Å². The average Bonchev–Trinajstić information content (AvgIpc) is 3.18. The number of carbonyl (C=O) groups excluding carboxylic acids is 2. The summed E-state index contributed by atoms with van der Waals surface area (Å²) in [6.07, 6.45) is 0.662. The smallest absolute Gasteiger partial charge is 0.247 e. The molecule has 0 radical (unpaired) electrons. The van der Waals surface area contributed by atoms with Crippen molar-refractivity contribution in [2.24, 2.45) is 11.7 Å². The van der Waals surface area contributed by atoms with Crippen LogP contribution in [-0.2, 0) is 9.59 Å². The van der Waals surface area contributed by atoms with Crippen molar-refractivity contribution >= 4 is 17.6 Å². The maximum Gasteiger partial charge on any atom is 0.247 e. The van der Waals surface area contributed by atoms with E-state index in [0.717, 1.165) is 5.56 Å². The van der Waals surface area contributed by atoms with Crippen molar-refractivity contribution in [3.05, 3.63) is 47.7 Å². The zero-order valence-corrected chi connectivity index (χ0v) is 13.4. The van der Waals surface area contributed by atoms with E-state index in [9.17, 15) is 9.59 Å². The van der Waals surface area contributed by atoms with Crippen molar-refractivity contribution in [2.75, 3.05) is 18.4 Å². The Morgan fingerprint density at radius 1 is 1.38 bits per heavy atom. The van der Waals surface area contributed by atoms with Gasteiger partial charge in [0.2, 0.25) is 11.8 Å². The first-order chi connectivity index (χ1) is 11.5. The molecule has 2 amide bonds. The lowest BCUT2D eigenvalue weighted by molar-refractivity contribution is -0.123. The number of amides is 2. The molecule has 3 rings (SSSR count). The van der Waals surface area contributed by atoms with Crippen molar-refractivity contribution in [1.29, 1.82) is 0 Å². The van der Waals surface area contributed by atoms with Gasteiger partial charge in [0.1, 0.15) is 11.8 Å². The molecule has 2 atom stereocenters. The van der Waals surface area contributed by atoms with Gasteiger partial charge in [0.15, 0.2) is 5.82 Å². The van der Waals surface area contributed by atoms with Crippen molar-refractivity contribution in [3.63, 3.8) is 0 Å². The van der Waals surface area contributed by atoms with Gasteiger partial charge in [0, 0.05) is 19.2 Å². The minimum Gasteiger partial charge on any atom is -0.369 e. The van der Waals surface area contributed by atoms with Gasteiger partial charge in [-0.05, 0) is 18.9 Å². The second kappa shape index (κ2) is 6.84. The van der Waals surface area contributed by atoms with Crippen molar-refractivity contribution in [3.8, 4) is 0 Å². The first-order valence-corrected chi connectivity index (χ1v) is 7.87. The van der Waals surface area contributed by atoms with E-state index in [1.54, 1.807) is 13.0 Å². The highest BCUT2D eigenvalue weighted by atomic mass is 16.5. The molecule has 3 N–H and O–H groups in total. The Balaban J connectivity index is 1.82. The lowest BCUT2D eigenvalue weighted by Crippen LogP contribution is -2.37. The second-order valence-electron chi connectivity index (χ2n) is 6.01. The van der Waals surface area contributed by atoms with Crippen LogP contribution in [0, 0.1) is 12.8 Å². The molecule has 0 unspecified atom stereocenters. The molecule has 1 saturated heterocycles. The highest BCUT2D eigenvalue weighted by molar-refractivity contribution is 5.95. The molecule has 0 aliphatic carbocycles. The van der Waals surface area contributed by atoms with Crippen LogP contribution in [0.5, 0.6) is 0 Å². The Hall–Kier alpha value is -2.67. The molecular formula is C17H20N4O3. The van der Waals surface area contributed by atoms with Gasteiger partial charge in [-0.1, -0.05) is 35.5 Å². The van der Waals surface area contributed by atoms with Crippen LogP contribution < -0.4 is 11.1 Å². The maximum atomic E-state index is 12.8. The molecule has 126 valence electrons. The molecule has 2 heterocycles. The van der Waals surface area contributed by atoms with E-state index in [4.69, 9.17) is 10.3 Å². The summed E-state index contributed by atoms with van der Waals surface area (Å²) in [6, 6.07) is 10.6. The van der Waals surface area contributed by atoms with E-state index in [0.29, 0.717) is 31.1 Å². The van der Waals surface area contributed by atoms with Crippen molar-refractivity contribution in [1.82, 2.24) is 10.1 Å². The topological polar surface area (TPSA) is 101 Å². The van der Waals surface area contributed by atoms with Gasteiger partial charge in [0.05, 0.1) is 5.92 Å². The number of likely N-dealkylation sites (tertiary alicyclic amines) is 1. The number of benzene rings is 1. The van der Waals surface area contributed by atoms with Crippen LogP contribution in [0.2, 0.25) is 0 Å². The molecule has 1 aliphatic heterocycles. The number of aryl methyl sites for hydroxylation is 1. The van der Waals surface area contributed by atoms with E-state index >= 15 is 0 Å². The Labute approximate surface area is 139 Å². The SMILES string of the molecule is Cc1cc(NC(=O)[C@H](c2ccccc2)N2CC[C@@H](C(N)=O)C2)no1. The minimum atomic E-state index is -0.507. The molecule has 24 heavy (non-hydrogen) atoms. The fourth-order valence-electron chi connectivity index (χ4n) is 3.04. The van der Waals surface area contributed by atoms with Crippen LogP contribution in [-0.4, -0.2) is 35.0 Å². The zero-order valence-electron chi connectivity index (χ0n) is 13.4. The molecule has 0 bridgehead atoms. The molecule has 1 aromatic heterocycles. The quantitative estimate of drug-likeness (QED) is 0.865. The van der Waals surface area contributed by atoms with Crippen LogP contribution >= 0.6 is 0 Å². The van der Waals surface area contributed by atoms with Crippen LogP contribution in [0.25, 0.3) is 0 Å². The van der Waals surface area contributed by atoms with E-state index in [-0.39, 0.29) is 17.7 Å². The highest BCUT2D eigenvalue weighted by Gasteiger charge is 2.35. The lowest BCUT2D eigenvalue weighted by Gasteiger charge is -2.26. The lowest BCUT2D eigenvalue weighted by atomic mass is 10.0. The van der Waals surface area contributed by atoms with E-state index in [2.05, 4.69) is 10.5 Å². The van der Waals surface area contributed by atoms with Gasteiger partial charge in [-0.2, -0.15) is 0 Å². The summed E-state index contributed by atoms with van der Waals surface area (Å²) in [5, 5.41) is 6.58. The first-order valence-electron chi connectivity index (χ1n) is 7.87. The summed E-state index contributed by atoms with van der Waals surface area (Å²) >= 11 is 0. The van der Waals surface area contributed by atoms with Gasteiger partial charge in [-0.25, -0.2) is 0 Å². The number of carbonyl (C=O) groups is 2. The second-order valence-corrected chi connectivity index (χ2v) is 6.01. The fourth-order valence-corrected chi connectivity index (χ4v) is 3.04. The summed E-state index contributed by atoms with van der Waals surface area (Å²) in [4.78, 5) is 26.3. The Kier molecular flexibility index (Phi) is 4.61. The molecule has 1 aliphatic rings. The molecule has 7 nitrogen and oxygen atoms in total. The number of nitrogens with one attached hydrogen (secondary N) is 1. The van der Waals surface area contributed by atoms with Gasteiger partial charge in [-0.15, -0.1) is 0 Å². The van der Waals surface area contributed by atoms with Crippen molar-refractivity contribution < 1.29 is 14.1 Å². The minimum absolute atomic E-state index is 0.209. The van der Waals surface area contributed by atoms with Crippen LogP contribution in [0.1, 0.15) is 23.8 Å². The normalized spacial score (nSPS) is 19.1. The van der Waals surface area contributed by atoms with E-state index in [1.807, 2.05) is 35.2 Å². The number of primary amides is 1.